The minimum absolute atomic E-state index is 0.464. The molecule has 0 aliphatic rings. The van der Waals surface area contributed by atoms with E-state index in [2.05, 4.69) is 0 Å². The van der Waals surface area contributed by atoms with Gasteiger partial charge in [0.1, 0.15) is 0 Å². The second-order valence-corrected chi connectivity index (χ2v) is 5.00. The Labute approximate surface area is 142 Å². The summed E-state index contributed by atoms with van der Waals surface area (Å²) >= 11 is 0. The Hall–Kier alpha value is 1.30. The van der Waals surface area contributed by atoms with E-state index >= 15 is 0 Å². The minimum Gasteiger partial charge on any atom is -0.441 e. The molecule has 0 aromatic heterocycles. The van der Waals surface area contributed by atoms with Crippen molar-refractivity contribution in [1.82, 2.24) is 0 Å². The van der Waals surface area contributed by atoms with E-state index in [1.54, 1.807) is 7.06 Å². The first-order chi connectivity index (χ1) is 9.13. The Morgan fingerprint density at radius 1 is 0.600 bits per heavy atom. The molecule has 0 heterocycles. The third kappa shape index (κ3) is 6.60. The summed E-state index contributed by atoms with van der Waals surface area (Å²) in [5.41, 5.74) is 0. The molecule has 0 aliphatic carbocycles. The number of rotatable bonds is 9. The van der Waals surface area contributed by atoms with Crippen molar-refractivity contribution in [1.29, 1.82) is 0 Å². The van der Waals surface area contributed by atoms with Crippen molar-refractivity contribution in [2.24, 2.45) is 0 Å². The standard InChI is InChI=1S/B20/c1-11-17(10)19(20(15(6)7)16(8)9)12-18(13(2)3)14(4)5/q-1. The van der Waals surface area contributed by atoms with Gasteiger partial charge in [-0.05, 0) is 123 Å². The highest BCUT2D eigenvalue weighted by atomic mass is 13.2. The van der Waals surface area contributed by atoms with Gasteiger partial charge < -0.3 is 7.06 Å². The first-order valence-electron chi connectivity index (χ1n) is 6.33. The van der Waals surface area contributed by atoms with Gasteiger partial charge in [0.25, 0.3) is 0 Å². The Morgan fingerprint density at radius 3 is 1.25 bits per heavy atom. The molecule has 0 nitrogen and oxygen atoms in total. The highest BCUT2D eigenvalue weighted by molar-refractivity contribution is 8.13. The van der Waals surface area contributed by atoms with E-state index in [0.717, 1.165) is 0 Å². The fourth-order valence-electron chi connectivity index (χ4n) is 2.18. The van der Waals surface area contributed by atoms with Gasteiger partial charge in [-0.15, -0.1) is 0 Å². The van der Waals surface area contributed by atoms with Crippen LogP contribution in [0, 0.1) is 0 Å². The summed E-state index contributed by atoms with van der Waals surface area (Å²) in [6.07, 6.45) is -5.26. The topological polar surface area (TPSA) is 0 Å². The maximum atomic E-state index is 5.94. The lowest BCUT2D eigenvalue weighted by Gasteiger charge is -2.49. The fraction of sp³-hybridized carbons (Fsp3) is 0. The van der Waals surface area contributed by atoms with E-state index < -0.39 is 51.1 Å². The summed E-state index contributed by atoms with van der Waals surface area (Å²) in [6.45, 7) is 0. The van der Waals surface area contributed by atoms with Gasteiger partial charge >= 0.3 is 0 Å². The van der Waals surface area contributed by atoms with Gasteiger partial charge in [-0.3, -0.25) is 0 Å². The summed E-state index contributed by atoms with van der Waals surface area (Å²) < 4.78 is 0. The zero-order valence-corrected chi connectivity index (χ0v) is 11.5. The summed E-state index contributed by atoms with van der Waals surface area (Å²) in [7, 11) is 59.9. The van der Waals surface area contributed by atoms with E-state index in [9.17, 15) is 0 Å². The molecule has 0 bridgehead atoms. The van der Waals surface area contributed by atoms with Crippen molar-refractivity contribution >= 4 is 143 Å². The molecule has 0 fully saturated rings. The van der Waals surface area contributed by atoms with Crippen LogP contribution in [0.15, 0.2) is 0 Å². The molecule has 23 radical (unpaired) electrons. The predicted molar refractivity (Wildman–Crippen MR) is 115 cm³/mol. The first kappa shape index (κ1) is 21.3. The number of hydrogen-bond acceptors (Lipinski definition) is 0. The highest BCUT2D eigenvalue weighted by Crippen LogP contribution is 2.00. The molecule has 0 aromatic rings. The van der Waals surface area contributed by atoms with Gasteiger partial charge in [-0.1, -0.05) is 0 Å². The monoisotopic (exact) mass is 220 g/mol. The van der Waals surface area contributed by atoms with Gasteiger partial charge in [-0.2, -0.15) is 12.8 Å². The third-order valence-corrected chi connectivity index (χ3v) is 3.33. The van der Waals surface area contributed by atoms with Crippen LogP contribution in [-0.4, -0.2) is 143 Å². The van der Waals surface area contributed by atoms with E-state index in [-0.39, 0.29) is 0 Å². The van der Waals surface area contributed by atoms with Crippen LogP contribution >= 0.6 is 0 Å². The molecule has 20 heteroatoms. The van der Waals surface area contributed by atoms with Gasteiger partial charge in [0.15, 0.2) is 0 Å². The molecule has 0 saturated carbocycles. The molecule has 61 valence electrons. The van der Waals surface area contributed by atoms with Crippen molar-refractivity contribution in [3.8, 4) is 0 Å². The fourth-order valence-corrected chi connectivity index (χ4v) is 2.18. The van der Waals surface area contributed by atoms with Crippen molar-refractivity contribution < 1.29 is 0 Å². The molecule has 0 atom stereocenters. The smallest absolute Gasteiger partial charge is 0.000102 e. The molecular weight excluding hydrogens is 216 g/mol. The third-order valence-electron chi connectivity index (χ3n) is 3.33. The van der Waals surface area contributed by atoms with E-state index in [0.29, 0.717) is 0 Å². The molecule has 0 saturated heterocycles. The van der Waals surface area contributed by atoms with Crippen LogP contribution in [0.5, 0.6) is 0 Å². The Bertz CT molecular complexity index is 220. The second-order valence-electron chi connectivity index (χ2n) is 5.00. The van der Waals surface area contributed by atoms with Crippen LogP contribution in [0.4, 0.5) is 0 Å². The van der Waals surface area contributed by atoms with Gasteiger partial charge in [0.2, 0.25) is 0 Å². The average Bonchev–Trinajstić information content (AvgIpc) is 2.30. The van der Waals surface area contributed by atoms with E-state index in [4.69, 9.17) is 77.4 Å². The zero-order valence-electron chi connectivity index (χ0n) is 11.5. The van der Waals surface area contributed by atoms with Crippen LogP contribution in [-0.2, 0) is 0 Å². The molecule has 0 aromatic carbocycles. The Kier molecular flexibility index (Phi) is 10.8. The normalized spacial score (nSPS) is 9.20. The summed E-state index contributed by atoms with van der Waals surface area (Å²) in [5.74, 6) is 0. The summed E-state index contributed by atoms with van der Waals surface area (Å²) in [5, 5.41) is 0. The molecule has 0 amide bonds. The van der Waals surface area contributed by atoms with Gasteiger partial charge in [-0.25, -0.2) is 0 Å². The van der Waals surface area contributed by atoms with Crippen molar-refractivity contribution in [3.05, 3.63) is 0 Å². The largest absolute Gasteiger partial charge is 0.441 e. The van der Waals surface area contributed by atoms with Crippen LogP contribution in [0.2, 0.25) is 0 Å². The molecule has 0 rings (SSSR count). The molecular formula is B20-. The lowest BCUT2D eigenvalue weighted by Crippen LogP contribution is -2.74. The zero-order chi connectivity index (χ0) is 16.0. The van der Waals surface area contributed by atoms with E-state index in [1.807, 2.05) is 0 Å². The van der Waals surface area contributed by atoms with Crippen molar-refractivity contribution in [2.45, 2.75) is 0 Å². The van der Waals surface area contributed by atoms with Crippen LogP contribution in [0.25, 0.3) is 0 Å². The second kappa shape index (κ2) is 10.1. The van der Waals surface area contributed by atoms with E-state index in [1.165, 1.54) is 7.06 Å². The predicted octanol–water partition coefficient (Wildman–Crippen LogP) is -7.62. The van der Waals surface area contributed by atoms with Crippen LogP contribution in [0.1, 0.15) is 0 Å². The minimum atomic E-state index is -0.800. The molecule has 20 heavy (non-hydrogen) atoms. The molecule has 0 spiro atoms. The van der Waals surface area contributed by atoms with Crippen LogP contribution in [0.3, 0.4) is 0 Å². The first-order valence-corrected chi connectivity index (χ1v) is 6.33. The Balaban J connectivity index is 5.23. The molecule has 0 N–H and O–H groups in total. The van der Waals surface area contributed by atoms with Crippen molar-refractivity contribution in [2.75, 3.05) is 0 Å². The van der Waals surface area contributed by atoms with Crippen molar-refractivity contribution in [3.63, 3.8) is 0 Å². The summed E-state index contributed by atoms with van der Waals surface area (Å²) in [6, 6.07) is 0. The summed E-state index contributed by atoms with van der Waals surface area (Å²) in [4.78, 5) is 0. The lowest BCUT2D eigenvalue weighted by molar-refractivity contribution is 3.39. The lowest BCUT2D eigenvalue weighted by atomic mass is 8.45. The maximum Gasteiger partial charge on any atom is -0.000102 e. The SMILES string of the molecule is [B][B]B([B])B([B-]B(B([B])[B])B([B])[B])B(B([B])[B])B([B])[B]. The molecule has 0 unspecified atom stereocenters. The van der Waals surface area contributed by atoms with Gasteiger partial charge in [0.05, 0.1) is 0 Å². The maximum absolute atomic E-state index is 5.94. The number of hydrogen-bond donors (Lipinski definition) is 0. The van der Waals surface area contributed by atoms with Crippen LogP contribution < -0.4 is 0 Å². The van der Waals surface area contributed by atoms with Gasteiger partial charge in [0, 0.05) is 0 Å². The average molecular weight is 216 g/mol. The molecule has 0 aliphatic heterocycles. The highest BCUT2D eigenvalue weighted by Gasteiger charge is 2.28. The Morgan fingerprint density at radius 2 is 1.00 bits per heavy atom. The quantitative estimate of drug-likeness (QED) is 0.336.